The fourth-order valence-electron chi connectivity index (χ4n) is 3.42. The van der Waals surface area contributed by atoms with Crippen molar-refractivity contribution < 1.29 is 5.11 Å². The Bertz CT molecular complexity index is 640. The first-order chi connectivity index (χ1) is 10.6. The largest absolute Gasteiger partial charge is 0.508 e. The molecule has 0 saturated carbocycles. The van der Waals surface area contributed by atoms with E-state index in [0.29, 0.717) is 12.3 Å². The number of hydrogen-bond acceptors (Lipinski definition) is 4. The number of nitrogens with one attached hydrogen (secondary N) is 1. The first-order valence-corrected chi connectivity index (χ1v) is 7.96. The van der Waals surface area contributed by atoms with Crippen molar-refractivity contribution >= 4 is 0 Å². The molecule has 0 aliphatic carbocycles. The number of piperidine rings is 1. The van der Waals surface area contributed by atoms with E-state index in [2.05, 4.69) is 19.2 Å². The third-order valence-corrected chi connectivity index (χ3v) is 4.39. The van der Waals surface area contributed by atoms with Crippen LogP contribution in [0.4, 0.5) is 0 Å². The molecule has 2 N–H and O–H groups in total. The van der Waals surface area contributed by atoms with Gasteiger partial charge in [0, 0.05) is 17.8 Å². The highest BCUT2D eigenvalue weighted by Gasteiger charge is 2.21. The molecule has 0 spiro atoms. The van der Waals surface area contributed by atoms with Gasteiger partial charge in [-0.25, -0.2) is 9.97 Å². The molecule has 0 unspecified atom stereocenters. The zero-order chi connectivity index (χ0) is 15.5. The summed E-state index contributed by atoms with van der Waals surface area (Å²) in [5.74, 6) is 1.70. The Labute approximate surface area is 131 Å². The normalized spacial score (nSPS) is 15.9. The first-order valence-electron chi connectivity index (χ1n) is 7.96. The Morgan fingerprint density at radius 3 is 2.45 bits per heavy atom. The summed E-state index contributed by atoms with van der Waals surface area (Å²) in [6, 6.07) is 7.30. The molecule has 1 fully saturated rings. The Hall–Kier alpha value is -1.94. The number of benzene rings is 1. The van der Waals surface area contributed by atoms with E-state index in [1.807, 2.05) is 12.1 Å². The molecule has 0 radical (unpaired) electrons. The average molecular weight is 297 g/mol. The molecular formula is C18H23N3O. The lowest BCUT2D eigenvalue weighted by molar-refractivity contribution is 0.455. The van der Waals surface area contributed by atoms with Gasteiger partial charge in [0.1, 0.15) is 11.6 Å². The first kappa shape index (κ1) is 15.0. The van der Waals surface area contributed by atoms with E-state index < -0.39 is 0 Å². The van der Waals surface area contributed by atoms with Crippen molar-refractivity contribution in [2.24, 2.45) is 0 Å². The number of nitrogens with zero attached hydrogens (tertiary/aromatic N) is 2. The predicted molar refractivity (Wildman–Crippen MR) is 87.3 cm³/mol. The van der Waals surface area contributed by atoms with Crippen LogP contribution in [0.25, 0.3) is 0 Å². The lowest BCUT2D eigenvalue weighted by Gasteiger charge is -2.25. The lowest BCUT2D eigenvalue weighted by atomic mass is 9.88. The van der Waals surface area contributed by atoms with Crippen molar-refractivity contribution in [2.45, 2.75) is 39.0 Å². The molecule has 0 bridgehead atoms. The minimum Gasteiger partial charge on any atom is -0.508 e. The standard InChI is InChI=1S/C18H23N3O/c1-12-18(15-6-8-19-9-7-15)13(2)21-17(20-12)11-14-4-3-5-16(22)10-14/h3-5,10,15,19,22H,6-9,11H2,1-2H3. The van der Waals surface area contributed by atoms with Crippen molar-refractivity contribution in [1.29, 1.82) is 0 Å². The molecule has 0 atom stereocenters. The average Bonchev–Trinajstić information content (AvgIpc) is 2.47. The van der Waals surface area contributed by atoms with Crippen LogP contribution < -0.4 is 5.32 Å². The maximum absolute atomic E-state index is 9.57. The summed E-state index contributed by atoms with van der Waals surface area (Å²) in [4.78, 5) is 9.44. The number of rotatable bonds is 3. The Morgan fingerprint density at radius 2 is 1.82 bits per heavy atom. The van der Waals surface area contributed by atoms with Gasteiger partial charge in [0.2, 0.25) is 0 Å². The number of phenols is 1. The van der Waals surface area contributed by atoms with Gasteiger partial charge in [-0.1, -0.05) is 12.1 Å². The van der Waals surface area contributed by atoms with Crippen LogP contribution in [0.15, 0.2) is 24.3 Å². The summed E-state index contributed by atoms with van der Waals surface area (Å²) in [5.41, 5.74) is 4.58. The van der Waals surface area contributed by atoms with Gasteiger partial charge in [0.05, 0.1) is 0 Å². The summed E-state index contributed by atoms with van der Waals surface area (Å²) in [5, 5.41) is 13.0. The minimum atomic E-state index is 0.289. The molecule has 4 nitrogen and oxygen atoms in total. The van der Waals surface area contributed by atoms with Gasteiger partial charge in [-0.2, -0.15) is 0 Å². The van der Waals surface area contributed by atoms with E-state index in [-0.39, 0.29) is 5.75 Å². The molecule has 1 aliphatic heterocycles. The monoisotopic (exact) mass is 297 g/mol. The van der Waals surface area contributed by atoms with Crippen molar-refractivity contribution in [1.82, 2.24) is 15.3 Å². The molecule has 2 aromatic rings. The predicted octanol–water partition coefficient (Wildman–Crippen LogP) is 2.86. The molecule has 0 amide bonds. The van der Waals surface area contributed by atoms with Gasteiger partial charge in [-0.05, 0) is 69.0 Å². The summed E-state index contributed by atoms with van der Waals surface area (Å²) >= 11 is 0. The molecule has 4 heteroatoms. The number of aromatic nitrogens is 2. The fourth-order valence-corrected chi connectivity index (χ4v) is 3.42. The molecule has 1 aliphatic rings. The Morgan fingerprint density at radius 1 is 1.14 bits per heavy atom. The van der Waals surface area contributed by atoms with Gasteiger partial charge < -0.3 is 10.4 Å². The second-order valence-electron chi connectivity index (χ2n) is 6.10. The highest BCUT2D eigenvalue weighted by Crippen LogP contribution is 2.29. The molecule has 1 saturated heterocycles. The summed E-state index contributed by atoms with van der Waals surface area (Å²) in [7, 11) is 0. The van der Waals surface area contributed by atoms with Crippen LogP contribution in [-0.4, -0.2) is 28.2 Å². The van der Waals surface area contributed by atoms with Crippen molar-refractivity contribution in [2.75, 3.05) is 13.1 Å². The highest BCUT2D eigenvalue weighted by molar-refractivity contribution is 5.32. The van der Waals surface area contributed by atoms with Gasteiger partial charge >= 0.3 is 0 Å². The van der Waals surface area contributed by atoms with Crippen LogP contribution in [0.1, 0.15) is 47.1 Å². The van der Waals surface area contributed by atoms with Crippen LogP contribution in [-0.2, 0) is 6.42 Å². The third kappa shape index (κ3) is 3.28. The zero-order valence-corrected chi connectivity index (χ0v) is 13.3. The summed E-state index contributed by atoms with van der Waals surface area (Å²) in [6.07, 6.45) is 2.98. The SMILES string of the molecule is Cc1nc(Cc2cccc(O)c2)nc(C)c1C1CCNCC1. The van der Waals surface area contributed by atoms with E-state index in [0.717, 1.165) is 48.7 Å². The van der Waals surface area contributed by atoms with Crippen LogP contribution >= 0.6 is 0 Å². The van der Waals surface area contributed by atoms with Gasteiger partial charge in [0.25, 0.3) is 0 Å². The molecule has 1 aromatic heterocycles. The van der Waals surface area contributed by atoms with Crippen LogP contribution in [0.3, 0.4) is 0 Å². The lowest BCUT2D eigenvalue weighted by Crippen LogP contribution is -2.27. The summed E-state index contributed by atoms with van der Waals surface area (Å²) < 4.78 is 0. The summed E-state index contributed by atoms with van der Waals surface area (Å²) in [6.45, 7) is 6.35. The van der Waals surface area contributed by atoms with E-state index in [1.165, 1.54) is 5.56 Å². The van der Waals surface area contributed by atoms with E-state index in [9.17, 15) is 5.11 Å². The quantitative estimate of drug-likeness (QED) is 0.914. The topological polar surface area (TPSA) is 58.0 Å². The highest BCUT2D eigenvalue weighted by atomic mass is 16.3. The second kappa shape index (κ2) is 6.44. The van der Waals surface area contributed by atoms with Gasteiger partial charge in [-0.3, -0.25) is 0 Å². The van der Waals surface area contributed by atoms with Crippen LogP contribution in [0, 0.1) is 13.8 Å². The van der Waals surface area contributed by atoms with E-state index >= 15 is 0 Å². The maximum atomic E-state index is 9.57. The number of aromatic hydroxyl groups is 1. The molecule has 2 heterocycles. The van der Waals surface area contributed by atoms with Crippen molar-refractivity contribution in [3.05, 3.63) is 52.6 Å². The molecule has 22 heavy (non-hydrogen) atoms. The van der Waals surface area contributed by atoms with E-state index in [1.54, 1.807) is 12.1 Å². The number of aryl methyl sites for hydroxylation is 2. The maximum Gasteiger partial charge on any atom is 0.133 e. The van der Waals surface area contributed by atoms with Crippen LogP contribution in [0.2, 0.25) is 0 Å². The molecule has 3 rings (SSSR count). The van der Waals surface area contributed by atoms with Crippen molar-refractivity contribution in [3.8, 4) is 5.75 Å². The van der Waals surface area contributed by atoms with Gasteiger partial charge in [0.15, 0.2) is 0 Å². The van der Waals surface area contributed by atoms with E-state index in [4.69, 9.17) is 9.97 Å². The molecular weight excluding hydrogens is 274 g/mol. The Kier molecular flexibility index (Phi) is 4.39. The number of phenolic OH excluding ortho intramolecular Hbond substituents is 1. The molecule has 1 aromatic carbocycles. The van der Waals surface area contributed by atoms with Gasteiger partial charge in [-0.15, -0.1) is 0 Å². The molecule has 116 valence electrons. The second-order valence-corrected chi connectivity index (χ2v) is 6.10. The zero-order valence-electron chi connectivity index (χ0n) is 13.3. The van der Waals surface area contributed by atoms with Crippen molar-refractivity contribution in [3.63, 3.8) is 0 Å². The number of hydrogen-bond donors (Lipinski definition) is 2. The van der Waals surface area contributed by atoms with Crippen LogP contribution in [0.5, 0.6) is 5.75 Å². The minimum absolute atomic E-state index is 0.289. The third-order valence-electron chi connectivity index (χ3n) is 4.39. The Balaban J connectivity index is 1.85. The fraction of sp³-hybridized carbons (Fsp3) is 0.444. The smallest absolute Gasteiger partial charge is 0.133 e.